The van der Waals surface area contributed by atoms with Crippen LogP contribution in [0.4, 0.5) is 0 Å². The van der Waals surface area contributed by atoms with Gasteiger partial charge in [-0.05, 0) is 35.2 Å². The summed E-state index contributed by atoms with van der Waals surface area (Å²) in [6.45, 7) is 2.65. The average Bonchev–Trinajstić information content (AvgIpc) is 2.96. The van der Waals surface area contributed by atoms with Crippen molar-refractivity contribution < 1.29 is 34.0 Å². The Morgan fingerprint density at radius 2 is 1.15 bits per heavy atom. The predicted molar refractivity (Wildman–Crippen MR) is 151 cm³/mol. The van der Waals surface area contributed by atoms with Gasteiger partial charge in [0, 0.05) is 6.07 Å². The number of aryl methyl sites for hydroxylation is 1. The van der Waals surface area contributed by atoms with Crippen molar-refractivity contribution in [3.05, 3.63) is 131 Å². The van der Waals surface area contributed by atoms with Gasteiger partial charge in [-0.1, -0.05) is 91.0 Å². The zero-order chi connectivity index (χ0) is 28.2. The van der Waals surface area contributed by atoms with E-state index in [0.29, 0.717) is 18.8 Å². The fourth-order valence-electron chi connectivity index (χ4n) is 4.19. The van der Waals surface area contributed by atoms with E-state index in [1.165, 1.54) is 6.07 Å². The first-order valence-corrected chi connectivity index (χ1v) is 13.1. The fourth-order valence-corrected chi connectivity index (χ4v) is 4.19. The Kier molecular flexibility index (Phi) is 10.7. The molecule has 4 aromatic carbocycles. The molecule has 0 aliphatic rings. The highest BCUT2D eigenvalue weighted by Gasteiger charge is 2.27. The molecule has 0 saturated carbocycles. The third-order valence-corrected chi connectivity index (χ3v) is 6.30. The van der Waals surface area contributed by atoms with Crippen LogP contribution in [0.2, 0.25) is 0 Å². The van der Waals surface area contributed by atoms with E-state index in [1.807, 2.05) is 91.0 Å². The van der Waals surface area contributed by atoms with Gasteiger partial charge in [-0.2, -0.15) is 0 Å². The largest absolute Gasteiger partial charge is 0.508 e. The molecule has 2 N–H and O–H groups in total. The van der Waals surface area contributed by atoms with Crippen LogP contribution in [-0.4, -0.2) is 41.6 Å². The molecule has 40 heavy (non-hydrogen) atoms. The van der Waals surface area contributed by atoms with Crippen molar-refractivity contribution in [1.29, 1.82) is 0 Å². The van der Waals surface area contributed by atoms with Gasteiger partial charge >= 0.3 is 5.97 Å². The van der Waals surface area contributed by atoms with Crippen molar-refractivity contribution in [1.82, 2.24) is 0 Å². The quantitative estimate of drug-likeness (QED) is 0.190. The second-order valence-electron chi connectivity index (χ2n) is 9.43. The van der Waals surface area contributed by atoms with Gasteiger partial charge in [0.25, 0.3) is 0 Å². The minimum absolute atomic E-state index is 0.0123. The summed E-state index contributed by atoms with van der Waals surface area (Å²) in [6, 6.07) is 31.8. The molecule has 208 valence electrons. The molecule has 0 spiro atoms. The lowest BCUT2D eigenvalue weighted by molar-refractivity contribution is -0.131. The number of carbonyl (C=O) groups excluding carboxylic acids is 1. The minimum Gasteiger partial charge on any atom is -0.508 e. The van der Waals surface area contributed by atoms with Crippen LogP contribution in [0.15, 0.2) is 103 Å². The number of rotatable bonds is 14. The van der Waals surface area contributed by atoms with Gasteiger partial charge in [-0.25, -0.2) is 4.79 Å². The highest BCUT2D eigenvalue weighted by Crippen LogP contribution is 2.27. The first kappa shape index (κ1) is 28.8. The van der Waals surface area contributed by atoms with Gasteiger partial charge in [-0.15, -0.1) is 0 Å². The van der Waals surface area contributed by atoms with Crippen molar-refractivity contribution in [3.8, 4) is 11.5 Å². The molecule has 2 atom stereocenters. The van der Waals surface area contributed by atoms with Crippen molar-refractivity contribution in [2.45, 2.75) is 39.0 Å². The molecule has 0 saturated heterocycles. The van der Waals surface area contributed by atoms with E-state index in [2.05, 4.69) is 0 Å². The number of esters is 1. The third-order valence-electron chi connectivity index (χ3n) is 6.30. The topological polar surface area (TPSA) is 94.5 Å². The Balaban J connectivity index is 1.51. The van der Waals surface area contributed by atoms with Gasteiger partial charge in [-0.3, -0.25) is 0 Å². The Hall–Kier alpha value is -4.17. The number of aromatic hydroxyl groups is 2. The highest BCUT2D eigenvalue weighted by molar-refractivity contribution is 5.94. The maximum atomic E-state index is 13.0. The molecule has 0 fully saturated rings. The number of phenolic OH excluding ortho intramolecular Hbond substituents is 2. The van der Waals surface area contributed by atoms with Gasteiger partial charge in [0.2, 0.25) is 0 Å². The molecule has 7 nitrogen and oxygen atoms in total. The molecule has 7 heteroatoms. The molecule has 0 heterocycles. The summed E-state index contributed by atoms with van der Waals surface area (Å²) >= 11 is 0. The number of hydrogen-bond donors (Lipinski definition) is 2. The van der Waals surface area contributed by atoms with E-state index in [4.69, 9.17) is 18.9 Å². The monoisotopic (exact) mass is 542 g/mol. The zero-order valence-electron chi connectivity index (χ0n) is 22.4. The lowest BCUT2D eigenvalue weighted by Crippen LogP contribution is -2.39. The van der Waals surface area contributed by atoms with Crippen molar-refractivity contribution in [2.75, 3.05) is 13.2 Å². The predicted octanol–water partition coefficient (Wildman–Crippen LogP) is 5.95. The van der Waals surface area contributed by atoms with E-state index in [1.54, 1.807) is 6.92 Å². The summed E-state index contributed by atoms with van der Waals surface area (Å²) in [4.78, 5) is 13.0. The van der Waals surface area contributed by atoms with Crippen molar-refractivity contribution in [3.63, 3.8) is 0 Å². The summed E-state index contributed by atoms with van der Waals surface area (Å²) in [5.74, 6) is -1.22. The highest BCUT2D eigenvalue weighted by atomic mass is 16.6. The summed E-state index contributed by atoms with van der Waals surface area (Å²) < 4.78 is 24.2. The summed E-state index contributed by atoms with van der Waals surface area (Å²) in [7, 11) is 0. The summed E-state index contributed by atoms with van der Waals surface area (Å²) in [5, 5.41) is 20.0. The summed E-state index contributed by atoms with van der Waals surface area (Å²) in [5.41, 5.74) is 3.35. The van der Waals surface area contributed by atoms with Crippen LogP contribution < -0.4 is 0 Å². The molecule has 0 aliphatic heterocycles. The Morgan fingerprint density at radius 3 is 1.65 bits per heavy atom. The molecule has 0 bridgehead atoms. The van der Waals surface area contributed by atoms with Crippen LogP contribution in [0.1, 0.15) is 32.6 Å². The standard InChI is InChI=1S/C33H34O7/c1-24-17-28(34)18-29(35)32(24)33(36)40-23-31(39-21-27-15-9-4-10-16-27)30(38-20-26-13-7-3-8-14-26)22-37-19-25-11-5-2-6-12-25/h2-18,30-31,34-35H,19-23H2,1H3/t30-,31+/m0/s1. The fraction of sp³-hybridized carbons (Fsp3) is 0.242. The van der Waals surface area contributed by atoms with Crippen LogP contribution in [0.25, 0.3) is 0 Å². The maximum Gasteiger partial charge on any atom is 0.342 e. The molecule has 0 aliphatic carbocycles. The maximum absolute atomic E-state index is 13.0. The molecule has 0 unspecified atom stereocenters. The molecular formula is C33H34O7. The van der Waals surface area contributed by atoms with Gasteiger partial charge in [0.05, 0.1) is 26.4 Å². The number of ether oxygens (including phenoxy) is 4. The van der Waals surface area contributed by atoms with Crippen molar-refractivity contribution >= 4 is 5.97 Å². The second-order valence-corrected chi connectivity index (χ2v) is 9.43. The first-order chi connectivity index (χ1) is 19.5. The normalized spacial score (nSPS) is 12.5. The van der Waals surface area contributed by atoms with Gasteiger partial charge < -0.3 is 29.2 Å². The van der Waals surface area contributed by atoms with E-state index < -0.39 is 18.2 Å². The second kappa shape index (κ2) is 14.8. The molecule has 0 radical (unpaired) electrons. The smallest absolute Gasteiger partial charge is 0.342 e. The zero-order valence-corrected chi connectivity index (χ0v) is 22.4. The Bertz CT molecular complexity index is 1300. The third kappa shape index (κ3) is 8.68. The lowest BCUT2D eigenvalue weighted by Gasteiger charge is -2.27. The number of hydrogen-bond acceptors (Lipinski definition) is 7. The molecular weight excluding hydrogens is 508 g/mol. The van der Waals surface area contributed by atoms with Crippen LogP contribution in [0.3, 0.4) is 0 Å². The average molecular weight is 543 g/mol. The molecule has 0 amide bonds. The lowest BCUT2D eigenvalue weighted by atomic mass is 10.1. The van der Waals surface area contributed by atoms with Crippen LogP contribution in [0, 0.1) is 6.92 Å². The Labute approximate surface area is 234 Å². The number of phenols is 2. The Morgan fingerprint density at radius 1 is 0.675 bits per heavy atom. The van der Waals surface area contributed by atoms with E-state index >= 15 is 0 Å². The van der Waals surface area contributed by atoms with Gasteiger partial charge in [0.15, 0.2) is 0 Å². The minimum atomic E-state index is -0.727. The molecule has 4 rings (SSSR count). The van der Waals surface area contributed by atoms with Gasteiger partial charge in [0.1, 0.15) is 35.9 Å². The molecule has 0 aromatic heterocycles. The molecule has 4 aromatic rings. The van der Waals surface area contributed by atoms with Crippen LogP contribution in [0.5, 0.6) is 11.5 Å². The van der Waals surface area contributed by atoms with Crippen molar-refractivity contribution in [2.24, 2.45) is 0 Å². The van der Waals surface area contributed by atoms with E-state index in [0.717, 1.165) is 22.8 Å². The SMILES string of the molecule is Cc1cc(O)cc(O)c1C(=O)OC[C@@H](OCc1ccccc1)[C@H](COCc1ccccc1)OCc1ccccc1. The summed E-state index contributed by atoms with van der Waals surface area (Å²) in [6.07, 6.45) is -1.25. The van der Waals surface area contributed by atoms with Crippen LogP contribution in [-0.2, 0) is 38.8 Å². The number of benzene rings is 4. The first-order valence-electron chi connectivity index (χ1n) is 13.1. The van der Waals surface area contributed by atoms with E-state index in [9.17, 15) is 15.0 Å². The van der Waals surface area contributed by atoms with E-state index in [-0.39, 0.29) is 36.9 Å². The van der Waals surface area contributed by atoms with Crippen LogP contribution >= 0.6 is 0 Å². The number of carbonyl (C=O) groups is 1.